The van der Waals surface area contributed by atoms with E-state index in [4.69, 9.17) is 4.74 Å². The molecule has 0 saturated carbocycles. The number of hydrogen-bond acceptors (Lipinski definition) is 4. The molecule has 7 heteroatoms. The molecule has 0 spiro atoms. The highest BCUT2D eigenvalue weighted by molar-refractivity contribution is 14.0. The number of aliphatic imine (C=N–C) groups is 1. The molecule has 1 aromatic heterocycles. The maximum Gasteiger partial charge on any atom is 0.191 e. The number of halogens is 1. The van der Waals surface area contributed by atoms with E-state index < -0.39 is 0 Å². The van der Waals surface area contributed by atoms with E-state index in [0.29, 0.717) is 12.0 Å². The van der Waals surface area contributed by atoms with Crippen molar-refractivity contribution in [1.82, 2.24) is 15.5 Å². The fourth-order valence-corrected chi connectivity index (χ4v) is 3.36. The van der Waals surface area contributed by atoms with Gasteiger partial charge in [-0.05, 0) is 17.4 Å². The molecule has 2 rings (SSSR count). The van der Waals surface area contributed by atoms with Crippen molar-refractivity contribution in [2.24, 2.45) is 10.9 Å². The van der Waals surface area contributed by atoms with Crippen molar-refractivity contribution in [2.45, 2.75) is 19.9 Å². The molecule has 5 nitrogen and oxygen atoms in total. The third-order valence-corrected chi connectivity index (χ3v) is 4.70. The first-order chi connectivity index (χ1) is 10.7. The van der Waals surface area contributed by atoms with Crippen molar-refractivity contribution in [3.63, 3.8) is 0 Å². The number of rotatable bonds is 6. The number of thiophene rings is 1. The molecule has 2 N–H and O–H groups in total. The van der Waals surface area contributed by atoms with Crippen molar-refractivity contribution in [2.75, 3.05) is 46.4 Å². The average molecular weight is 452 g/mol. The Kier molecular flexibility index (Phi) is 10.1. The predicted octanol–water partition coefficient (Wildman–Crippen LogP) is 2.56. The summed E-state index contributed by atoms with van der Waals surface area (Å²) in [5.41, 5.74) is 0. The molecular weight excluding hydrogens is 423 g/mol. The molecule has 0 aromatic carbocycles. The summed E-state index contributed by atoms with van der Waals surface area (Å²) in [6, 6.07) is 4.72. The molecule has 1 unspecified atom stereocenters. The van der Waals surface area contributed by atoms with E-state index in [0.717, 1.165) is 45.4 Å². The highest BCUT2D eigenvalue weighted by Crippen LogP contribution is 2.25. The SMILES string of the molecule is CN=C(NCC(C)C)NCC(c1cccs1)N1CCOCC1.I. The predicted molar refractivity (Wildman–Crippen MR) is 109 cm³/mol. The average Bonchev–Trinajstić information content (AvgIpc) is 3.05. The Morgan fingerprint density at radius 2 is 2.00 bits per heavy atom. The number of nitrogens with zero attached hydrogens (tertiary/aromatic N) is 2. The molecule has 1 aliphatic rings. The molecule has 1 saturated heterocycles. The molecule has 132 valence electrons. The third-order valence-electron chi connectivity index (χ3n) is 3.72. The van der Waals surface area contributed by atoms with E-state index in [1.54, 1.807) is 0 Å². The van der Waals surface area contributed by atoms with Crippen LogP contribution in [0.2, 0.25) is 0 Å². The third kappa shape index (κ3) is 6.94. The lowest BCUT2D eigenvalue weighted by molar-refractivity contribution is 0.0177. The van der Waals surface area contributed by atoms with Gasteiger partial charge in [0.1, 0.15) is 0 Å². The number of nitrogens with one attached hydrogen (secondary N) is 2. The van der Waals surface area contributed by atoms with Crippen LogP contribution in [0.1, 0.15) is 24.8 Å². The van der Waals surface area contributed by atoms with Crippen molar-refractivity contribution in [1.29, 1.82) is 0 Å². The first-order valence-corrected chi connectivity index (χ1v) is 8.88. The molecule has 2 heterocycles. The fourth-order valence-electron chi connectivity index (χ4n) is 2.49. The van der Waals surface area contributed by atoms with Gasteiger partial charge in [0.05, 0.1) is 19.3 Å². The van der Waals surface area contributed by atoms with Crippen LogP contribution in [0.25, 0.3) is 0 Å². The summed E-state index contributed by atoms with van der Waals surface area (Å²) in [6.07, 6.45) is 0. The first kappa shape index (κ1) is 20.7. The fraction of sp³-hybridized carbons (Fsp3) is 0.688. The topological polar surface area (TPSA) is 48.9 Å². The summed E-state index contributed by atoms with van der Waals surface area (Å²) in [7, 11) is 1.82. The molecule has 0 bridgehead atoms. The summed E-state index contributed by atoms with van der Waals surface area (Å²) < 4.78 is 5.48. The van der Waals surface area contributed by atoms with Gasteiger partial charge in [0.2, 0.25) is 0 Å². The Balaban J connectivity index is 0.00000264. The van der Waals surface area contributed by atoms with E-state index in [1.165, 1.54) is 4.88 Å². The Morgan fingerprint density at radius 1 is 1.30 bits per heavy atom. The Labute approximate surface area is 160 Å². The van der Waals surface area contributed by atoms with Crippen LogP contribution >= 0.6 is 35.3 Å². The van der Waals surface area contributed by atoms with Crippen LogP contribution in [0.3, 0.4) is 0 Å². The lowest BCUT2D eigenvalue weighted by Gasteiger charge is -2.34. The Morgan fingerprint density at radius 3 is 2.57 bits per heavy atom. The first-order valence-electron chi connectivity index (χ1n) is 8.00. The van der Waals surface area contributed by atoms with E-state index in [2.05, 4.69) is 51.9 Å². The van der Waals surface area contributed by atoms with E-state index in [1.807, 2.05) is 18.4 Å². The summed E-state index contributed by atoms with van der Waals surface area (Å²) in [5.74, 6) is 1.48. The largest absolute Gasteiger partial charge is 0.379 e. The molecule has 1 aliphatic heterocycles. The minimum absolute atomic E-state index is 0. The molecular formula is C16H29IN4OS. The second-order valence-electron chi connectivity index (χ2n) is 5.91. The van der Waals surface area contributed by atoms with Gasteiger partial charge < -0.3 is 15.4 Å². The number of hydrogen-bond donors (Lipinski definition) is 2. The normalized spacial score (nSPS) is 17.7. The van der Waals surface area contributed by atoms with Crippen molar-refractivity contribution >= 4 is 41.3 Å². The van der Waals surface area contributed by atoms with Crippen molar-refractivity contribution in [3.8, 4) is 0 Å². The van der Waals surface area contributed by atoms with Gasteiger partial charge in [-0.15, -0.1) is 35.3 Å². The Hall–Kier alpha value is -0.380. The second-order valence-corrected chi connectivity index (χ2v) is 6.89. The summed E-state index contributed by atoms with van der Waals surface area (Å²) in [5, 5.41) is 8.99. The Bertz CT molecular complexity index is 447. The highest BCUT2D eigenvalue weighted by atomic mass is 127. The maximum absolute atomic E-state index is 5.48. The summed E-state index contributed by atoms with van der Waals surface area (Å²) >= 11 is 1.82. The molecule has 1 fully saturated rings. The monoisotopic (exact) mass is 452 g/mol. The number of guanidine groups is 1. The standard InChI is InChI=1S/C16H28N4OS.HI/c1-13(2)11-18-16(17-3)19-12-14(15-5-4-10-22-15)20-6-8-21-9-7-20;/h4-5,10,13-14H,6-9,11-12H2,1-3H3,(H2,17,18,19);1H. The van der Waals surface area contributed by atoms with Crippen LogP contribution in [-0.4, -0.2) is 57.3 Å². The molecule has 0 amide bonds. The smallest absolute Gasteiger partial charge is 0.191 e. The van der Waals surface area contributed by atoms with E-state index in [9.17, 15) is 0 Å². The van der Waals surface area contributed by atoms with Crippen molar-refractivity contribution in [3.05, 3.63) is 22.4 Å². The van der Waals surface area contributed by atoms with Gasteiger partial charge in [-0.2, -0.15) is 0 Å². The zero-order valence-corrected chi connectivity index (χ0v) is 17.4. The molecule has 23 heavy (non-hydrogen) atoms. The van der Waals surface area contributed by atoms with E-state index in [-0.39, 0.29) is 24.0 Å². The van der Waals surface area contributed by atoms with Crippen LogP contribution in [0.15, 0.2) is 22.5 Å². The van der Waals surface area contributed by atoms with Gasteiger partial charge in [-0.25, -0.2) is 0 Å². The van der Waals surface area contributed by atoms with Gasteiger partial charge in [0, 0.05) is 38.1 Å². The summed E-state index contributed by atoms with van der Waals surface area (Å²) in [6.45, 7) is 9.80. The van der Waals surface area contributed by atoms with Crippen LogP contribution in [0, 0.1) is 5.92 Å². The van der Waals surface area contributed by atoms with Crippen LogP contribution in [-0.2, 0) is 4.74 Å². The molecule has 0 radical (unpaired) electrons. The maximum atomic E-state index is 5.48. The zero-order chi connectivity index (χ0) is 15.8. The minimum Gasteiger partial charge on any atom is -0.379 e. The lowest BCUT2D eigenvalue weighted by Crippen LogP contribution is -2.46. The summed E-state index contributed by atoms with van der Waals surface area (Å²) in [4.78, 5) is 8.21. The van der Waals surface area contributed by atoms with Crippen molar-refractivity contribution < 1.29 is 4.74 Å². The van der Waals surface area contributed by atoms with Crippen LogP contribution < -0.4 is 10.6 Å². The number of ether oxygens (including phenoxy) is 1. The second kappa shape index (κ2) is 11.2. The highest BCUT2D eigenvalue weighted by Gasteiger charge is 2.23. The molecule has 1 atom stereocenters. The minimum atomic E-state index is 0. The van der Waals surface area contributed by atoms with E-state index >= 15 is 0 Å². The van der Waals surface area contributed by atoms with Gasteiger partial charge in [-0.3, -0.25) is 9.89 Å². The van der Waals surface area contributed by atoms with Gasteiger partial charge in [0.15, 0.2) is 5.96 Å². The van der Waals surface area contributed by atoms with Gasteiger partial charge in [-0.1, -0.05) is 19.9 Å². The van der Waals surface area contributed by atoms with Crippen LogP contribution in [0.5, 0.6) is 0 Å². The zero-order valence-electron chi connectivity index (χ0n) is 14.2. The van der Waals surface area contributed by atoms with Gasteiger partial charge >= 0.3 is 0 Å². The van der Waals surface area contributed by atoms with Crippen LogP contribution in [0.4, 0.5) is 0 Å². The number of morpholine rings is 1. The molecule has 0 aliphatic carbocycles. The molecule has 1 aromatic rings. The lowest BCUT2D eigenvalue weighted by atomic mass is 10.2. The quantitative estimate of drug-likeness (QED) is 0.396. The van der Waals surface area contributed by atoms with Gasteiger partial charge in [0.25, 0.3) is 0 Å².